The summed E-state index contributed by atoms with van der Waals surface area (Å²) in [4.78, 5) is 18.2. The highest BCUT2D eigenvalue weighted by molar-refractivity contribution is 7.14. The average molecular weight is 305 g/mol. The van der Waals surface area contributed by atoms with E-state index in [-0.39, 0.29) is 5.41 Å². The molecule has 0 bridgehead atoms. The molecule has 0 saturated heterocycles. The van der Waals surface area contributed by atoms with Crippen LogP contribution >= 0.6 is 11.3 Å². The second kappa shape index (κ2) is 5.83. The van der Waals surface area contributed by atoms with Crippen molar-refractivity contribution in [3.63, 3.8) is 0 Å². The molecule has 21 heavy (non-hydrogen) atoms. The van der Waals surface area contributed by atoms with Gasteiger partial charge in [0, 0.05) is 12.3 Å². The first kappa shape index (κ1) is 15.2. The Labute approximate surface area is 132 Å². The topological polar surface area (TPSA) is 30.0 Å². The summed E-state index contributed by atoms with van der Waals surface area (Å²) >= 11 is 1.70. The fourth-order valence-corrected chi connectivity index (χ4v) is 5.21. The molecule has 0 radical (unpaired) electrons. The molecule has 0 amide bonds. The fourth-order valence-electron chi connectivity index (χ4n) is 4.02. The van der Waals surface area contributed by atoms with E-state index in [0.29, 0.717) is 18.1 Å². The summed E-state index contributed by atoms with van der Waals surface area (Å²) in [6.07, 6.45) is 9.59. The zero-order chi connectivity index (χ0) is 15.0. The second-order valence-corrected chi connectivity index (χ2v) is 8.81. The van der Waals surface area contributed by atoms with E-state index >= 15 is 0 Å². The van der Waals surface area contributed by atoms with Gasteiger partial charge in [-0.2, -0.15) is 0 Å². The Morgan fingerprint density at radius 1 is 1.19 bits per heavy atom. The monoisotopic (exact) mass is 305 g/mol. The molecule has 1 aromatic heterocycles. The van der Waals surface area contributed by atoms with Gasteiger partial charge < -0.3 is 0 Å². The lowest BCUT2D eigenvalue weighted by atomic mass is 9.78. The molecule has 0 unspecified atom stereocenters. The normalized spacial score (nSPS) is 28.4. The lowest BCUT2D eigenvalue weighted by Gasteiger charge is -2.27. The number of thiazole rings is 1. The van der Waals surface area contributed by atoms with Crippen LogP contribution in [0.4, 0.5) is 0 Å². The zero-order valence-electron chi connectivity index (χ0n) is 13.6. The molecule has 3 heteroatoms. The van der Waals surface area contributed by atoms with Crippen molar-refractivity contribution < 1.29 is 4.79 Å². The maximum atomic E-state index is 12.3. The molecule has 1 fully saturated rings. The van der Waals surface area contributed by atoms with Crippen LogP contribution in [-0.2, 0) is 6.42 Å². The van der Waals surface area contributed by atoms with Gasteiger partial charge in [0.25, 0.3) is 0 Å². The minimum atomic E-state index is 0.0915. The van der Waals surface area contributed by atoms with Crippen LogP contribution in [0.5, 0.6) is 0 Å². The highest BCUT2D eigenvalue weighted by Crippen LogP contribution is 2.43. The van der Waals surface area contributed by atoms with Crippen LogP contribution < -0.4 is 0 Å². The minimum absolute atomic E-state index is 0.0915. The van der Waals surface area contributed by atoms with E-state index in [1.54, 1.807) is 11.3 Å². The van der Waals surface area contributed by atoms with Crippen LogP contribution in [0.25, 0.3) is 0 Å². The van der Waals surface area contributed by atoms with Gasteiger partial charge in [-0.05, 0) is 43.4 Å². The van der Waals surface area contributed by atoms with Gasteiger partial charge in [0.05, 0.1) is 15.6 Å². The van der Waals surface area contributed by atoms with E-state index in [4.69, 9.17) is 4.98 Å². The predicted molar refractivity (Wildman–Crippen MR) is 88.2 cm³/mol. The van der Waals surface area contributed by atoms with Crippen LogP contribution in [0.1, 0.15) is 92.0 Å². The van der Waals surface area contributed by atoms with E-state index in [9.17, 15) is 4.79 Å². The summed E-state index contributed by atoms with van der Waals surface area (Å²) in [6.45, 7) is 6.65. The third-order valence-electron chi connectivity index (χ3n) is 5.15. The Morgan fingerprint density at radius 2 is 1.90 bits per heavy atom. The number of carbonyl (C=O) groups is 1. The molecule has 1 aromatic rings. The van der Waals surface area contributed by atoms with Crippen LogP contribution in [0.15, 0.2) is 0 Å². The standard InChI is InChI=1S/C18H27NOS/c1-4-5-12-6-8-13(9-7-12)17-19-14-10-18(2,3)11-15(20)16(14)21-17/h12-13H,4-11H2,1-3H3. The van der Waals surface area contributed by atoms with Crippen molar-refractivity contribution >= 4 is 17.1 Å². The molecule has 0 aliphatic heterocycles. The number of hydrogen-bond acceptors (Lipinski definition) is 3. The maximum Gasteiger partial charge on any atom is 0.175 e. The number of carbonyl (C=O) groups excluding carboxylic acids is 1. The number of ketones is 1. The highest BCUT2D eigenvalue weighted by atomic mass is 32.1. The number of Topliss-reactive ketones (excluding diaryl/α,β-unsaturated/α-hetero) is 1. The summed E-state index contributed by atoms with van der Waals surface area (Å²) in [5.41, 5.74) is 1.18. The summed E-state index contributed by atoms with van der Waals surface area (Å²) in [7, 11) is 0. The van der Waals surface area contributed by atoms with Gasteiger partial charge >= 0.3 is 0 Å². The molecule has 0 N–H and O–H groups in total. The molecule has 2 aliphatic carbocycles. The first-order chi connectivity index (χ1) is 9.98. The lowest BCUT2D eigenvalue weighted by Crippen LogP contribution is -2.26. The molecule has 1 saturated carbocycles. The number of rotatable bonds is 3. The first-order valence-electron chi connectivity index (χ1n) is 8.51. The molecule has 116 valence electrons. The first-order valence-corrected chi connectivity index (χ1v) is 9.33. The van der Waals surface area contributed by atoms with Crippen LogP contribution in [0.3, 0.4) is 0 Å². The average Bonchev–Trinajstić information content (AvgIpc) is 2.82. The quantitative estimate of drug-likeness (QED) is 0.751. The summed E-state index contributed by atoms with van der Waals surface area (Å²) in [5, 5.41) is 1.25. The number of fused-ring (bicyclic) bond motifs is 1. The van der Waals surface area contributed by atoms with E-state index < -0.39 is 0 Å². The van der Waals surface area contributed by atoms with Gasteiger partial charge in [-0.25, -0.2) is 4.98 Å². The van der Waals surface area contributed by atoms with Gasteiger partial charge in [-0.15, -0.1) is 11.3 Å². The molecule has 0 aromatic carbocycles. The van der Waals surface area contributed by atoms with Gasteiger partial charge in [0.15, 0.2) is 5.78 Å². The lowest BCUT2D eigenvalue weighted by molar-refractivity contribution is 0.0916. The Hall–Kier alpha value is -0.700. The van der Waals surface area contributed by atoms with Crippen LogP contribution in [-0.4, -0.2) is 10.8 Å². The molecular formula is C18H27NOS. The van der Waals surface area contributed by atoms with Crippen LogP contribution in [0.2, 0.25) is 0 Å². The Bertz CT molecular complexity index is 523. The van der Waals surface area contributed by atoms with Gasteiger partial charge in [-0.3, -0.25) is 4.79 Å². The van der Waals surface area contributed by atoms with Crippen molar-refractivity contribution in [1.29, 1.82) is 0 Å². The summed E-state index contributed by atoms with van der Waals surface area (Å²) in [6, 6.07) is 0. The minimum Gasteiger partial charge on any atom is -0.293 e. The molecule has 0 atom stereocenters. The molecule has 2 nitrogen and oxygen atoms in total. The molecular weight excluding hydrogens is 278 g/mol. The maximum absolute atomic E-state index is 12.3. The molecule has 3 rings (SSSR count). The number of aromatic nitrogens is 1. The number of hydrogen-bond donors (Lipinski definition) is 0. The summed E-state index contributed by atoms with van der Waals surface area (Å²) < 4.78 is 0. The van der Waals surface area contributed by atoms with E-state index in [2.05, 4.69) is 20.8 Å². The van der Waals surface area contributed by atoms with E-state index in [1.165, 1.54) is 43.5 Å². The zero-order valence-corrected chi connectivity index (χ0v) is 14.4. The van der Waals surface area contributed by atoms with Crippen molar-refractivity contribution in [3.05, 3.63) is 15.6 Å². The van der Waals surface area contributed by atoms with Gasteiger partial charge in [0.2, 0.25) is 0 Å². The van der Waals surface area contributed by atoms with Gasteiger partial charge in [-0.1, -0.05) is 33.6 Å². The molecule has 1 heterocycles. The van der Waals surface area contributed by atoms with Crippen molar-refractivity contribution in [2.75, 3.05) is 0 Å². The molecule has 2 aliphatic rings. The largest absolute Gasteiger partial charge is 0.293 e. The van der Waals surface area contributed by atoms with Crippen molar-refractivity contribution in [3.8, 4) is 0 Å². The van der Waals surface area contributed by atoms with E-state index in [0.717, 1.165) is 22.9 Å². The Kier molecular flexibility index (Phi) is 4.22. The van der Waals surface area contributed by atoms with E-state index in [1.807, 2.05) is 0 Å². The third kappa shape index (κ3) is 3.23. The Balaban J connectivity index is 1.73. The third-order valence-corrected chi connectivity index (χ3v) is 6.45. The van der Waals surface area contributed by atoms with Gasteiger partial charge in [0.1, 0.15) is 0 Å². The summed E-state index contributed by atoms with van der Waals surface area (Å²) in [5.74, 6) is 1.87. The second-order valence-electron chi connectivity index (χ2n) is 7.78. The highest BCUT2D eigenvalue weighted by Gasteiger charge is 2.35. The van der Waals surface area contributed by atoms with Crippen molar-refractivity contribution in [2.45, 2.75) is 78.1 Å². The fraction of sp³-hybridized carbons (Fsp3) is 0.778. The number of nitrogens with zero attached hydrogens (tertiary/aromatic N) is 1. The SMILES string of the molecule is CCCC1CCC(c2nc3c(s2)C(=O)CC(C)(C)C3)CC1. The predicted octanol–water partition coefficient (Wildman–Crippen LogP) is 5.37. The Morgan fingerprint density at radius 3 is 2.57 bits per heavy atom. The van der Waals surface area contributed by atoms with Crippen molar-refractivity contribution in [2.24, 2.45) is 11.3 Å². The van der Waals surface area contributed by atoms with Crippen molar-refractivity contribution in [1.82, 2.24) is 4.98 Å². The molecule has 0 spiro atoms. The van der Waals surface area contributed by atoms with Crippen LogP contribution in [0, 0.1) is 11.3 Å². The smallest absolute Gasteiger partial charge is 0.175 e.